The molecule has 3 N–H and O–H groups in total. The van der Waals surface area contributed by atoms with Crippen LogP contribution in [0.15, 0.2) is 30.5 Å². The van der Waals surface area contributed by atoms with E-state index in [1.807, 2.05) is 50.6 Å². The molecule has 2 aromatic rings. The van der Waals surface area contributed by atoms with Gasteiger partial charge in [0.2, 0.25) is 12.2 Å². The summed E-state index contributed by atoms with van der Waals surface area (Å²) in [5.74, 6) is -0.568. The molecule has 0 spiro atoms. The summed E-state index contributed by atoms with van der Waals surface area (Å²) in [6.07, 6.45) is 4.04. The van der Waals surface area contributed by atoms with Crippen LogP contribution in [0.2, 0.25) is 0 Å². The summed E-state index contributed by atoms with van der Waals surface area (Å²) in [6, 6.07) is 6.11. The second kappa shape index (κ2) is 9.58. The van der Waals surface area contributed by atoms with Crippen molar-refractivity contribution in [3.05, 3.63) is 36.0 Å². The fourth-order valence-electron chi connectivity index (χ4n) is 3.04. The Morgan fingerprint density at radius 3 is 2.52 bits per heavy atom. The third-order valence-electron chi connectivity index (χ3n) is 4.73. The number of carbonyl (C=O) groups is 2. The molecule has 0 bridgehead atoms. The van der Waals surface area contributed by atoms with Gasteiger partial charge in [-0.3, -0.25) is 9.59 Å². The number of para-hydroxylation sites is 1. The van der Waals surface area contributed by atoms with Crippen molar-refractivity contribution in [1.29, 1.82) is 0 Å². The van der Waals surface area contributed by atoms with Crippen molar-refractivity contribution in [1.82, 2.24) is 15.6 Å². The molecule has 2 rings (SSSR count). The van der Waals surface area contributed by atoms with Crippen LogP contribution in [0.1, 0.15) is 46.6 Å². The lowest BCUT2D eigenvalue weighted by molar-refractivity contribution is -0.124. The lowest BCUT2D eigenvalue weighted by atomic mass is 9.97. The van der Waals surface area contributed by atoms with E-state index in [9.17, 15) is 14.4 Å². The van der Waals surface area contributed by atoms with E-state index < -0.39 is 29.7 Å². The molecule has 7 heteroatoms. The van der Waals surface area contributed by atoms with Crippen molar-refractivity contribution in [3.8, 4) is 0 Å². The molecule has 3 atom stereocenters. The monoisotopic (exact) mass is 400 g/mol. The summed E-state index contributed by atoms with van der Waals surface area (Å²) in [7, 11) is 0. The molecular weight excluding hydrogens is 370 g/mol. The first kappa shape index (κ1) is 22.5. The molecule has 29 heavy (non-hydrogen) atoms. The van der Waals surface area contributed by atoms with Gasteiger partial charge in [-0.25, -0.2) is 4.79 Å². The molecule has 1 aromatic carbocycles. The molecule has 0 aliphatic rings. The van der Waals surface area contributed by atoms with E-state index in [0.717, 1.165) is 16.5 Å². The fourth-order valence-corrected chi connectivity index (χ4v) is 3.04. The molecule has 1 radical (unpaired) electrons. The Hall–Kier alpha value is -2.83. The van der Waals surface area contributed by atoms with Crippen molar-refractivity contribution in [2.24, 2.45) is 5.92 Å². The number of carbonyl (C=O) groups excluding carboxylic acids is 3. The zero-order valence-electron chi connectivity index (χ0n) is 17.7. The van der Waals surface area contributed by atoms with E-state index in [2.05, 4.69) is 15.6 Å². The first-order valence-corrected chi connectivity index (χ1v) is 9.87. The first-order valence-electron chi connectivity index (χ1n) is 9.87. The van der Waals surface area contributed by atoms with Gasteiger partial charge in [0, 0.05) is 23.5 Å². The number of aromatic amines is 1. The van der Waals surface area contributed by atoms with Crippen LogP contribution in [0.25, 0.3) is 10.9 Å². The maximum absolute atomic E-state index is 12.8. The smallest absolute Gasteiger partial charge is 0.408 e. The molecule has 157 valence electrons. The highest BCUT2D eigenvalue weighted by Crippen LogP contribution is 2.19. The number of amides is 2. The summed E-state index contributed by atoms with van der Waals surface area (Å²) in [4.78, 5) is 39.7. The highest BCUT2D eigenvalue weighted by molar-refractivity contribution is 5.88. The standard InChI is InChI=1S/C22H30N3O4/c1-6-14(2)19(25-21(28)29-22(3,4)5)20(27)24-16(13-26)11-15-12-23-18-10-8-7-9-17(15)18/h7-10,12,14,16,19,23H,6,11H2,1-5H3,(H,24,27)(H,25,28)/t14-,16-,19-/m0/s1. The molecule has 7 nitrogen and oxygen atoms in total. The van der Waals surface area contributed by atoms with E-state index >= 15 is 0 Å². The van der Waals surface area contributed by atoms with Crippen LogP contribution in [0, 0.1) is 5.92 Å². The van der Waals surface area contributed by atoms with E-state index in [-0.39, 0.29) is 5.92 Å². The highest BCUT2D eigenvalue weighted by Gasteiger charge is 2.30. The van der Waals surface area contributed by atoms with Crippen LogP contribution >= 0.6 is 0 Å². The summed E-state index contributed by atoms with van der Waals surface area (Å²) >= 11 is 0. The predicted octanol–water partition coefficient (Wildman–Crippen LogP) is 3.24. The van der Waals surface area contributed by atoms with Gasteiger partial charge in [-0.2, -0.15) is 0 Å². The molecule has 0 saturated carbocycles. The Labute approximate surface area is 171 Å². The number of alkyl carbamates (subject to hydrolysis) is 1. The van der Waals surface area contributed by atoms with Gasteiger partial charge < -0.3 is 20.4 Å². The van der Waals surface area contributed by atoms with Crippen LogP contribution in [-0.4, -0.2) is 41.0 Å². The van der Waals surface area contributed by atoms with Crippen LogP contribution < -0.4 is 10.6 Å². The lowest BCUT2D eigenvalue weighted by Gasteiger charge is -2.27. The summed E-state index contributed by atoms with van der Waals surface area (Å²) < 4.78 is 5.27. The molecule has 0 fully saturated rings. The minimum atomic E-state index is -0.825. The van der Waals surface area contributed by atoms with Gasteiger partial charge in [-0.1, -0.05) is 38.5 Å². The Bertz CT molecular complexity index is 853. The van der Waals surface area contributed by atoms with Crippen molar-refractivity contribution in [2.75, 3.05) is 0 Å². The third kappa shape index (κ3) is 6.34. The van der Waals surface area contributed by atoms with E-state index in [0.29, 0.717) is 12.8 Å². The molecule has 0 unspecified atom stereocenters. The number of rotatable bonds is 8. The van der Waals surface area contributed by atoms with Crippen LogP contribution in [-0.2, 0) is 20.7 Å². The minimum absolute atomic E-state index is 0.136. The summed E-state index contributed by atoms with van der Waals surface area (Å²) in [6.45, 7) is 9.05. The van der Waals surface area contributed by atoms with Crippen LogP contribution in [0.3, 0.4) is 0 Å². The summed E-state index contributed by atoms with van der Waals surface area (Å²) in [5, 5.41) is 6.33. The Morgan fingerprint density at radius 1 is 1.21 bits per heavy atom. The van der Waals surface area contributed by atoms with Gasteiger partial charge in [0.15, 0.2) is 0 Å². The number of ether oxygens (including phenoxy) is 1. The van der Waals surface area contributed by atoms with Gasteiger partial charge in [0.25, 0.3) is 0 Å². The van der Waals surface area contributed by atoms with Crippen LogP contribution in [0.5, 0.6) is 0 Å². The molecule has 2 amide bonds. The van der Waals surface area contributed by atoms with Crippen molar-refractivity contribution >= 4 is 29.2 Å². The Morgan fingerprint density at radius 2 is 1.90 bits per heavy atom. The topological polar surface area (TPSA) is 100 Å². The number of benzene rings is 1. The Kier molecular flexibility index (Phi) is 7.42. The molecular formula is C22H30N3O4. The van der Waals surface area contributed by atoms with Crippen molar-refractivity contribution in [2.45, 2.75) is 65.1 Å². The van der Waals surface area contributed by atoms with E-state index in [4.69, 9.17) is 4.74 Å². The number of hydrogen-bond donors (Lipinski definition) is 3. The molecule has 0 saturated heterocycles. The molecule has 1 heterocycles. The van der Waals surface area contributed by atoms with Crippen molar-refractivity contribution < 1.29 is 19.1 Å². The largest absolute Gasteiger partial charge is 0.444 e. The number of nitrogens with one attached hydrogen (secondary N) is 3. The molecule has 0 aliphatic heterocycles. The number of aromatic nitrogens is 1. The highest BCUT2D eigenvalue weighted by atomic mass is 16.6. The quantitative estimate of drug-likeness (QED) is 0.633. The second-order valence-corrected chi connectivity index (χ2v) is 8.25. The molecule has 0 aliphatic carbocycles. The normalized spacial score (nSPS) is 14.7. The Balaban J connectivity index is 2.09. The van der Waals surface area contributed by atoms with Gasteiger partial charge in [-0.15, -0.1) is 0 Å². The molecule has 1 aromatic heterocycles. The van der Waals surface area contributed by atoms with E-state index in [1.165, 1.54) is 0 Å². The minimum Gasteiger partial charge on any atom is -0.444 e. The predicted molar refractivity (Wildman–Crippen MR) is 112 cm³/mol. The summed E-state index contributed by atoms with van der Waals surface area (Å²) in [5.41, 5.74) is 1.20. The maximum Gasteiger partial charge on any atom is 0.408 e. The fraction of sp³-hybridized carbons (Fsp3) is 0.500. The number of H-pyrrole nitrogens is 1. The van der Waals surface area contributed by atoms with Gasteiger partial charge >= 0.3 is 6.09 Å². The zero-order valence-corrected chi connectivity index (χ0v) is 17.7. The van der Waals surface area contributed by atoms with Crippen LogP contribution in [0.4, 0.5) is 4.79 Å². The lowest BCUT2D eigenvalue weighted by Crippen LogP contribution is -2.54. The third-order valence-corrected chi connectivity index (χ3v) is 4.73. The second-order valence-electron chi connectivity index (χ2n) is 8.25. The first-order chi connectivity index (χ1) is 13.6. The average molecular weight is 400 g/mol. The van der Waals surface area contributed by atoms with Gasteiger partial charge in [0.05, 0.1) is 6.04 Å². The van der Waals surface area contributed by atoms with Gasteiger partial charge in [-0.05, 0) is 38.3 Å². The van der Waals surface area contributed by atoms with E-state index in [1.54, 1.807) is 20.8 Å². The SMILES string of the molecule is CC[C@H](C)[C@H](NC(=O)OC(C)(C)C)C(=O)N[C@H]([C]=O)Cc1c[nH]c2ccccc12. The zero-order chi connectivity index (χ0) is 21.6. The number of fused-ring (bicyclic) bond motifs is 1. The average Bonchev–Trinajstić information content (AvgIpc) is 3.06. The number of hydrogen-bond acceptors (Lipinski definition) is 4. The van der Waals surface area contributed by atoms with Gasteiger partial charge in [0.1, 0.15) is 11.6 Å². The van der Waals surface area contributed by atoms with Crippen molar-refractivity contribution in [3.63, 3.8) is 0 Å². The maximum atomic E-state index is 12.8.